The molecule has 0 atom stereocenters. The van der Waals surface area contributed by atoms with Crippen LogP contribution in [0.1, 0.15) is 11.3 Å². The van der Waals surface area contributed by atoms with Gasteiger partial charge in [-0.05, 0) is 6.07 Å². The van der Waals surface area contributed by atoms with Gasteiger partial charge in [0.15, 0.2) is 5.84 Å². The van der Waals surface area contributed by atoms with E-state index < -0.39 is 11.7 Å². The lowest BCUT2D eigenvalue weighted by Gasteiger charge is -2.08. The van der Waals surface area contributed by atoms with Gasteiger partial charge in [0.2, 0.25) is 0 Å². The third-order valence-electron chi connectivity index (χ3n) is 1.55. The van der Waals surface area contributed by atoms with Gasteiger partial charge in [-0.2, -0.15) is 18.3 Å². The standard InChI is InChI=1S/C7H6ClF3N4/c8-4-1-3(7(9,10)11)2-14-5(4)6(12)15-13/h1-2H,13H2,(H2,12,15). The minimum atomic E-state index is -4.50. The van der Waals surface area contributed by atoms with Gasteiger partial charge in [-0.1, -0.05) is 11.6 Å². The van der Waals surface area contributed by atoms with Crippen LogP contribution in [0.3, 0.4) is 0 Å². The van der Waals surface area contributed by atoms with Gasteiger partial charge >= 0.3 is 6.18 Å². The van der Waals surface area contributed by atoms with Crippen LogP contribution in [0.4, 0.5) is 13.2 Å². The molecular formula is C7H6ClF3N4. The van der Waals surface area contributed by atoms with Crippen LogP contribution in [-0.4, -0.2) is 10.8 Å². The molecule has 8 heteroatoms. The lowest BCUT2D eigenvalue weighted by Crippen LogP contribution is -2.18. The molecule has 1 aromatic rings. The molecule has 82 valence electrons. The second-order valence-electron chi connectivity index (χ2n) is 2.57. The minimum absolute atomic E-state index is 0.0767. The average molecular weight is 239 g/mol. The number of hydrogen-bond acceptors (Lipinski definition) is 3. The Kier molecular flexibility index (Phi) is 3.04. The van der Waals surface area contributed by atoms with Crippen molar-refractivity contribution >= 4 is 17.4 Å². The highest BCUT2D eigenvalue weighted by Gasteiger charge is 2.31. The van der Waals surface area contributed by atoms with Crippen molar-refractivity contribution in [1.29, 1.82) is 0 Å². The molecule has 0 aromatic carbocycles. The van der Waals surface area contributed by atoms with Crippen LogP contribution in [-0.2, 0) is 6.18 Å². The van der Waals surface area contributed by atoms with Gasteiger partial charge < -0.3 is 11.6 Å². The van der Waals surface area contributed by atoms with Crippen molar-refractivity contribution in [2.24, 2.45) is 16.7 Å². The van der Waals surface area contributed by atoms with Gasteiger partial charge in [0, 0.05) is 6.20 Å². The van der Waals surface area contributed by atoms with Crippen molar-refractivity contribution < 1.29 is 13.2 Å². The summed E-state index contributed by atoms with van der Waals surface area (Å²) in [5, 5.41) is 2.82. The molecule has 0 aliphatic carbocycles. The number of aromatic nitrogens is 1. The van der Waals surface area contributed by atoms with Crippen molar-refractivity contribution in [2.75, 3.05) is 0 Å². The molecule has 1 rings (SSSR count). The zero-order valence-electron chi connectivity index (χ0n) is 7.22. The quantitative estimate of drug-likeness (QED) is 0.335. The average Bonchev–Trinajstić information content (AvgIpc) is 2.15. The Bertz CT molecular complexity index is 402. The summed E-state index contributed by atoms with van der Waals surface area (Å²) in [4.78, 5) is 3.43. The molecule has 0 saturated heterocycles. The summed E-state index contributed by atoms with van der Waals surface area (Å²) in [6.45, 7) is 0. The highest BCUT2D eigenvalue weighted by Crippen LogP contribution is 2.30. The van der Waals surface area contributed by atoms with E-state index in [0.717, 1.165) is 0 Å². The molecule has 0 radical (unpaired) electrons. The highest BCUT2D eigenvalue weighted by molar-refractivity contribution is 6.33. The fourth-order valence-electron chi connectivity index (χ4n) is 0.843. The maximum atomic E-state index is 12.2. The molecule has 1 aromatic heterocycles. The van der Waals surface area contributed by atoms with Gasteiger partial charge in [-0.3, -0.25) is 4.98 Å². The Hall–Kier alpha value is -1.50. The minimum Gasteiger partial charge on any atom is -0.380 e. The number of pyridine rings is 1. The molecule has 15 heavy (non-hydrogen) atoms. The third kappa shape index (κ3) is 2.50. The first-order valence-electron chi connectivity index (χ1n) is 3.62. The van der Waals surface area contributed by atoms with Crippen molar-refractivity contribution in [2.45, 2.75) is 6.18 Å². The van der Waals surface area contributed by atoms with Gasteiger partial charge in [0.25, 0.3) is 0 Å². The monoisotopic (exact) mass is 238 g/mol. The topological polar surface area (TPSA) is 77.3 Å². The highest BCUT2D eigenvalue weighted by atomic mass is 35.5. The Morgan fingerprint density at radius 2 is 2.07 bits per heavy atom. The fraction of sp³-hybridized carbons (Fsp3) is 0.143. The Balaban J connectivity index is 3.21. The van der Waals surface area contributed by atoms with Gasteiger partial charge in [-0.25, -0.2) is 0 Å². The Morgan fingerprint density at radius 3 is 2.47 bits per heavy atom. The number of hydrazone groups is 1. The normalized spacial score (nSPS) is 12.9. The van der Waals surface area contributed by atoms with E-state index in [2.05, 4.69) is 10.1 Å². The van der Waals surface area contributed by atoms with Crippen molar-refractivity contribution in [3.05, 3.63) is 28.5 Å². The molecular weight excluding hydrogens is 233 g/mol. The first kappa shape index (κ1) is 11.6. The summed E-state index contributed by atoms with van der Waals surface area (Å²) in [6, 6.07) is 0.710. The number of amidine groups is 1. The molecule has 4 nitrogen and oxygen atoms in total. The van der Waals surface area contributed by atoms with Crippen LogP contribution in [0.15, 0.2) is 17.4 Å². The molecule has 0 fully saturated rings. The van der Waals surface area contributed by atoms with Crippen LogP contribution in [0.5, 0.6) is 0 Å². The summed E-state index contributed by atoms with van der Waals surface area (Å²) in [5.41, 5.74) is 4.22. The summed E-state index contributed by atoms with van der Waals surface area (Å²) in [6.07, 6.45) is -3.89. The number of nitrogens with zero attached hydrogens (tertiary/aromatic N) is 2. The number of nitrogens with two attached hydrogens (primary N) is 2. The number of rotatable bonds is 1. The summed E-state index contributed by atoms with van der Waals surface area (Å²) >= 11 is 5.53. The molecule has 0 aliphatic heterocycles. The van der Waals surface area contributed by atoms with Crippen LogP contribution >= 0.6 is 11.6 Å². The first-order valence-corrected chi connectivity index (χ1v) is 4.00. The maximum Gasteiger partial charge on any atom is 0.417 e. The molecule has 0 saturated carbocycles. The summed E-state index contributed by atoms with van der Waals surface area (Å²) in [5.74, 6) is 4.61. The second kappa shape index (κ2) is 3.93. The first-order chi connectivity index (χ1) is 6.86. The third-order valence-corrected chi connectivity index (χ3v) is 1.84. The largest absolute Gasteiger partial charge is 0.417 e. The van der Waals surface area contributed by atoms with E-state index in [1.165, 1.54) is 0 Å². The van der Waals surface area contributed by atoms with E-state index >= 15 is 0 Å². The summed E-state index contributed by atoms with van der Waals surface area (Å²) < 4.78 is 36.6. The van der Waals surface area contributed by atoms with E-state index in [-0.39, 0.29) is 16.6 Å². The van der Waals surface area contributed by atoms with Crippen LogP contribution < -0.4 is 11.6 Å². The number of halogens is 4. The Morgan fingerprint density at radius 1 is 1.47 bits per heavy atom. The van der Waals surface area contributed by atoms with Crippen LogP contribution in [0.2, 0.25) is 5.02 Å². The maximum absolute atomic E-state index is 12.2. The van der Waals surface area contributed by atoms with Crippen LogP contribution in [0, 0.1) is 0 Å². The lowest BCUT2D eigenvalue weighted by atomic mass is 10.2. The second-order valence-corrected chi connectivity index (χ2v) is 2.97. The van der Waals surface area contributed by atoms with Gasteiger partial charge in [-0.15, -0.1) is 0 Å². The molecule has 0 amide bonds. The lowest BCUT2D eigenvalue weighted by molar-refractivity contribution is -0.137. The zero-order chi connectivity index (χ0) is 11.6. The van der Waals surface area contributed by atoms with E-state index in [0.29, 0.717) is 12.3 Å². The van der Waals surface area contributed by atoms with E-state index in [4.69, 9.17) is 23.2 Å². The van der Waals surface area contributed by atoms with Gasteiger partial charge in [0.05, 0.1) is 10.6 Å². The zero-order valence-corrected chi connectivity index (χ0v) is 7.97. The molecule has 1 heterocycles. The molecule has 0 unspecified atom stereocenters. The van der Waals surface area contributed by atoms with Crippen molar-refractivity contribution in [3.8, 4) is 0 Å². The molecule has 0 spiro atoms. The predicted octanol–water partition coefficient (Wildman–Crippen LogP) is 1.33. The predicted molar refractivity (Wildman–Crippen MR) is 49.2 cm³/mol. The fourth-order valence-corrected chi connectivity index (χ4v) is 1.11. The SMILES string of the molecule is N/N=C(\N)c1ncc(C(F)(F)F)cc1Cl. The van der Waals surface area contributed by atoms with Crippen molar-refractivity contribution in [1.82, 2.24) is 4.98 Å². The van der Waals surface area contributed by atoms with E-state index in [1.54, 1.807) is 0 Å². The summed E-state index contributed by atoms with van der Waals surface area (Å²) in [7, 11) is 0. The Labute approximate surface area is 87.7 Å². The van der Waals surface area contributed by atoms with Crippen molar-refractivity contribution in [3.63, 3.8) is 0 Å². The number of alkyl halides is 3. The number of hydrogen-bond donors (Lipinski definition) is 2. The van der Waals surface area contributed by atoms with Crippen LogP contribution in [0.25, 0.3) is 0 Å². The molecule has 0 aliphatic rings. The molecule has 4 N–H and O–H groups in total. The van der Waals surface area contributed by atoms with Gasteiger partial charge in [0.1, 0.15) is 5.69 Å². The smallest absolute Gasteiger partial charge is 0.380 e. The van der Waals surface area contributed by atoms with E-state index in [1.807, 2.05) is 0 Å². The molecule has 0 bridgehead atoms. The van der Waals surface area contributed by atoms with E-state index in [9.17, 15) is 13.2 Å².